The van der Waals surface area contributed by atoms with Crippen LogP contribution < -0.4 is 11.1 Å². The van der Waals surface area contributed by atoms with Crippen molar-refractivity contribution in [1.29, 1.82) is 0 Å². The molecular weight excluding hydrogens is 274 g/mol. The van der Waals surface area contributed by atoms with Crippen LogP contribution in [0.2, 0.25) is 0 Å². The highest BCUT2D eigenvalue weighted by atomic mass is 16.6. The van der Waals surface area contributed by atoms with Gasteiger partial charge in [-0.05, 0) is 32.0 Å². The van der Waals surface area contributed by atoms with Crippen LogP contribution in [0.5, 0.6) is 0 Å². The van der Waals surface area contributed by atoms with Crippen molar-refractivity contribution >= 4 is 17.4 Å². The third-order valence-electron chi connectivity index (χ3n) is 3.75. The number of pyridine rings is 1. The Kier molecular flexibility index (Phi) is 4.69. The van der Waals surface area contributed by atoms with Crippen molar-refractivity contribution < 1.29 is 9.72 Å². The molecule has 8 nitrogen and oxygen atoms in total. The van der Waals surface area contributed by atoms with E-state index in [4.69, 9.17) is 5.73 Å². The van der Waals surface area contributed by atoms with E-state index in [2.05, 4.69) is 22.1 Å². The first-order chi connectivity index (χ1) is 10.0. The zero-order valence-corrected chi connectivity index (χ0v) is 11.9. The predicted molar refractivity (Wildman–Crippen MR) is 77.9 cm³/mol. The van der Waals surface area contributed by atoms with Crippen LogP contribution in [0.3, 0.4) is 0 Å². The molecule has 1 saturated heterocycles. The fraction of sp³-hybridized carbons (Fsp3) is 0.538. The van der Waals surface area contributed by atoms with Gasteiger partial charge >= 0.3 is 0 Å². The molecule has 0 aromatic carbocycles. The number of nitro groups is 1. The van der Waals surface area contributed by atoms with Gasteiger partial charge in [0, 0.05) is 12.6 Å². The maximum atomic E-state index is 12.2. The van der Waals surface area contributed by atoms with Crippen LogP contribution >= 0.6 is 0 Å². The van der Waals surface area contributed by atoms with Crippen LogP contribution in [-0.4, -0.2) is 46.4 Å². The molecule has 1 aromatic rings. The molecule has 2 heterocycles. The molecule has 1 aromatic heterocycles. The average molecular weight is 293 g/mol. The van der Waals surface area contributed by atoms with Crippen molar-refractivity contribution in [1.82, 2.24) is 15.2 Å². The van der Waals surface area contributed by atoms with Crippen LogP contribution in [0.25, 0.3) is 0 Å². The lowest BCUT2D eigenvalue weighted by molar-refractivity contribution is -0.385. The average Bonchev–Trinajstić information content (AvgIpc) is 2.91. The third kappa shape index (κ3) is 3.46. The number of nitrogens with one attached hydrogen (secondary N) is 1. The predicted octanol–water partition coefficient (Wildman–Crippen LogP) is 0.786. The highest BCUT2D eigenvalue weighted by Crippen LogP contribution is 2.20. The van der Waals surface area contributed by atoms with Gasteiger partial charge in [-0.1, -0.05) is 6.92 Å². The van der Waals surface area contributed by atoms with Crippen LogP contribution in [0.4, 0.5) is 11.5 Å². The summed E-state index contributed by atoms with van der Waals surface area (Å²) < 4.78 is 0. The summed E-state index contributed by atoms with van der Waals surface area (Å²) in [6, 6.07) is 1.52. The van der Waals surface area contributed by atoms with Gasteiger partial charge < -0.3 is 11.1 Å². The van der Waals surface area contributed by atoms with Crippen molar-refractivity contribution in [3.8, 4) is 0 Å². The molecule has 2 rings (SSSR count). The Balaban J connectivity index is 2.06. The lowest BCUT2D eigenvalue weighted by Crippen LogP contribution is -2.40. The van der Waals surface area contributed by atoms with E-state index in [-0.39, 0.29) is 23.1 Å². The van der Waals surface area contributed by atoms with Gasteiger partial charge in [0.2, 0.25) is 0 Å². The zero-order valence-electron chi connectivity index (χ0n) is 11.9. The molecule has 114 valence electrons. The van der Waals surface area contributed by atoms with Crippen molar-refractivity contribution in [2.24, 2.45) is 0 Å². The van der Waals surface area contributed by atoms with Gasteiger partial charge in [-0.15, -0.1) is 0 Å². The Labute approximate surface area is 122 Å². The zero-order chi connectivity index (χ0) is 15.4. The van der Waals surface area contributed by atoms with Gasteiger partial charge in [-0.3, -0.25) is 19.8 Å². The minimum atomic E-state index is -0.630. The van der Waals surface area contributed by atoms with E-state index in [0.717, 1.165) is 32.1 Å². The number of likely N-dealkylation sites (N-methyl/N-ethyl adjacent to an activating group) is 1. The Bertz CT molecular complexity index is 549. The maximum Gasteiger partial charge on any atom is 0.300 e. The van der Waals surface area contributed by atoms with Gasteiger partial charge in [0.15, 0.2) is 0 Å². The molecule has 1 amide bonds. The summed E-state index contributed by atoms with van der Waals surface area (Å²) in [6.07, 6.45) is 3.14. The second kappa shape index (κ2) is 6.49. The number of aromatic nitrogens is 1. The van der Waals surface area contributed by atoms with Gasteiger partial charge in [0.25, 0.3) is 11.6 Å². The summed E-state index contributed by atoms with van der Waals surface area (Å²) in [5, 5.41) is 13.7. The molecule has 0 saturated carbocycles. The molecule has 0 radical (unpaired) electrons. The normalized spacial score (nSPS) is 18.6. The molecule has 3 N–H and O–H groups in total. The Hall–Kier alpha value is -2.22. The molecule has 21 heavy (non-hydrogen) atoms. The lowest BCUT2D eigenvalue weighted by atomic mass is 10.2. The number of rotatable bonds is 5. The summed E-state index contributed by atoms with van der Waals surface area (Å²) >= 11 is 0. The number of nitrogens with two attached hydrogens (primary N) is 1. The van der Waals surface area contributed by atoms with Crippen LogP contribution in [-0.2, 0) is 0 Å². The van der Waals surface area contributed by atoms with Gasteiger partial charge in [0.05, 0.1) is 4.92 Å². The first-order valence-electron chi connectivity index (χ1n) is 6.95. The fourth-order valence-electron chi connectivity index (χ4n) is 2.64. The smallest absolute Gasteiger partial charge is 0.300 e. The second-order valence-electron chi connectivity index (χ2n) is 5.02. The van der Waals surface area contributed by atoms with Crippen molar-refractivity contribution in [2.75, 3.05) is 25.4 Å². The molecule has 8 heteroatoms. The van der Waals surface area contributed by atoms with Crippen molar-refractivity contribution in [2.45, 2.75) is 25.8 Å². The highest BCUT2D eigenvalue weighted by molar-refractivity contribution is 5.98. The quantitative estimate of drug-likeness (QED) is 0.612. The van der Waals surface area contributed by atoms with Gasteiger partial charge in [-0.25, -0.2) is 4.98 Å². The number of amides is 1. The number of carbonyl (C=O) groups is 1. The van der Waals surface area contributed by atoms with E-state index in [0.29, 0.717) is 6.54 Å². The first kappa shape index (κ1) is 15.2. The van der Waals surface area contributed by atoms with Gasteiger partial charge in [0.1, 0.15) is 17.6 Å². The summed E-state index contributed by atoms with van der Waals surface area (Å²) in [6.45, 7) is 4.52. The third-order valence-corrected chi connectivity index (χ3v) is 3.75. The number of carbonyl (C=O) groups excluding carboxylic acids is 1. The Morgan fingerprint density at radius 2 is 2.43 bits per heavy atom. The second-order valence-corrected chi connectivity index (χ2v) is 5.02. The van der Waals surface area contributed by atoms with Crippen molar-refractivity contribution in [3.05, 3.63) is 27.9 Å². The van der Waals surface area contributed by atoms with E-state index >= 15 is 0 Å². The summed E-state index contributed by atoms with van der Waals surface area (Å²) in [5.41, 5.74) is 5.12. The number of anilines is 1. The molecule has 1 aliphatic heterocycles. The van der Waals surface area contributed by atoms with E-state index in [1.165, 1.54) is 6.07 Å². The minimum absolute atomic E-state index is 0.0476. The SMILES string of the molecule is CCN1CCCC1CNC(=O)c1cc(N)ncc1[N+](=O)[O-]. The molecule has 1 fully saturated rings. The molecule has 0 bridgehead atoms. The number of hydrogen-bond donors (Lipinski definition) is 2. The fourth-order valence-corrected chi connectivity index (χ4v) is 2.64. The van der Waals surface area contributed by atoms with Crippen molar-refractivity contribution in [3.63, 3.8) is 0 Å². The minimum Gasteiger partial charge on any atom is -0.384 e. The molecular formula is C13H19N5O3. The first-order valence-corrected chi connectivity index (χ1v) is 6.95. The Morgan fingerprint density at radius 1 is 1.67 bits per heavy atom. The standard InChI is InChI=1S/C13H19N5O3/c1-2-17-5-3-4-9(17)7-16-13(19)10-6-12(14)15-8-11(10)18(20)21/h6,8-9H,2-5,7H2,1H3,(H2,14,15)(H,16,19). The largest absolute Gasteiger partial charge is 0.384 e. The highest BCUT2D eigenvalue weighted by Gasteiger charge is 2.25. The molecule has 0 aliphatic carbocycles. The van der Waals surface area contributed by atoms with E-state index in [9.17, 15) is 14.9 Å². The monoisotopic (exact) mass is 293 g/mol. The molecule has 1 atom stereocenters. The number of hydrogen-bond acceptors (Lipinski definition) is 6. The summed E-state index contributed by atoms with van der Waals surface area (Å²) in [5.74, 6) is -0.402. The van der Waals surface area contributed by atoms with Crippen LogP contribution in [0.1, 0.15) is 30.1 Å². The summed E-state index contributed by atoms with van der Waals surface area (Å²) in [7, 11) is 0. The Morgan fingerprint density at radius 3 is 3.10 bits per heavy atom. The van der Waals surface area contributed by atoms with Crippen LogP contribution in [0.15, 0.2) is 12.3 Å². The van der Waals surface area contributed by atoms with E-state index < -0.39 is 10.8 Å². The molecule has 1 aliphatic rings. The summed E-state index contributed by atoms with van der Waals surface area (Å²) in [4.78, 5) is 28.4. The number of nitrogen functional groups attached to an aromatic ring is 1. The van der Waals surface area contributed by atoms with Crippen LogP contribution in [0, 0.1) is 10.1 Å². The van der Waals surface area contributed by atoms with E-state index in [1.807, 2.05) is 0 Å². The van der Waals surface area contributed by atoms with Gasteiger partial charge in [-0.2, -0.15) is 0 Å². The number of likely N-dealkylation sites (tertiary alicyclic amines) is 1. The van der Waals surface area contributed by atoms with E-state index in [1.54, 1.807) is 0 Å². The maximum absolute atomic E-state index is 12.2. The molecule has 0 spiro atoms. The number of nitrogens with zero attached hydrogens (tertiary/aromatic N) is 3. The lowest BCUT2D eigenvalue weighted by Gasteiger charge is -2.22. The topological polar surface area (TPSA) is 114 Å². The molecule has 1 unspecified atom stereocenters.